The lowest BCUT2D eigenvalue weighted by Gasteiger charge is -2.37. The lowest BCUT2D eigenvalue weighted by atomic mass is 9.76. The lowest BCUT2D eigenvalue weighted by molar-refractivity contribution is -0.133. The second-order valence-electron chi connectivity index (χ2n) is 19.1. The van der Waals surface area contributed by atoms with Crippen LogP contribution in [0.1, 0.15) is 142 Å². The van der Waals surface area contributed by atoms with E-state index in [-0.39, 0.29) is 17.7 Å². The van der Waals surface area contributed by atoms with Crippen LogP contribution in [0, 0.1) is 11.8 Å². The number of benzene rings is 2. The van der Waals surface area contributed by atoms with E-state index in [1.54, 1.807) is 0 Å². The molecule has 348 valence electrons. The van der Waals surface area contributed by atoms with Crippen molar-refractivity contribution in [1.82, 2.24) is 25.1 Å². The Labute approximate surface area is 412 Å². The van der Waals surface area contributed by atoms with Crippen molar-refractivity contribution in [2.45, 2.75) is 129 Å². The number of likely N-dealkylation sites (tertiary alicyclic amines) is 2. The number of pyridine rings is 2. The van der Waals surface area contributed by atoms with E-state index in [0.717, 1.165) is 115 Å². The van der Waals surface area contributed by atoms with Gasteiger partial charge in [0.25, 0.3) is 0 Å². The Hall–Kier alpha value is -3.51. The lowest BCUT2D eigenvalue weighted by Crippen LogP contribution is -2.40. The van der Waals surface area contributed by atoms with E-state index in [1.165, 1.54) is 39.1 Å². The number of unbranched alkanes of at least 4 members (excludes halogenated alkanes) is 1. The van der Waals surface area contributed by atoms with Gasteiger partial charge in [-0.3, -0.25) is 19.6 Å². The van der Waals surface area contributed by atoms with Crippen molar-refractivity contribution in [2.24, 2.45) is 11.8 Å². The van der Waals surface area contributed by atoms with Gasteiger partial charge in [-0.2, -0.15) is 0 Å². The number of nitrogens with one attached hydrogen (secondary N) is 1. The second kappa shape index (κ2) is 22.5. The van der Waals surface area contributed by atoms with Crippen molar-refractivity contribution >= 4 is 73.0 Å². The third kappa shape index (κ3) is 12.9. The molecule has 4 heterocycles. The largest absolute Gasteiger partial charge is 0.444 e. The summed E-state index contributed by atoms with van der Waals surface area (Å²) in [5, 5.41) is 4.31. The minimum absolute atomic E-state index is 0.148. The number of ether oxygens (including phenoxy) is 1. The first-order valence-corrected chi connectivity index (χ1v) is 25.9. The average Bonchev–Trinajstić information content (AvgIpc) is 3.53. The number of hydrogen-bond donors (Lipinski definition) is 1. The molecule has 9 nitrogen and oxygen atoms in total. The molecule has 13 heteroatoms. The molecule has 0 saturated carbocycles. The fraction of sp³-hybridized carbons (Fsp3) is 0.519. The summed E-state index contributed by atoms with van der Waals surface area (Å²) in [6.07, 6.45) is 15.0. The number of alkyl carbamates (subject to hydrolysis) is 1. The molecular weight excluding hydrogens is 989 g/mol. The zero-order valence-corrected chi connectivity index (χ0v) is 42.9. The highest BCUT2D eigenvalue weighted by molar-refractivity contribution is 9.10. The fourth-order valence-corrected chi connectivity index (χ4v) is 11.4. The van der Waals surface area contributed by atoms with E-state index in [0.29, 0.717) is 43.6 Å². The topological polar surface area (TPSA) is 105 Å². The maximum Gasteiger partial charge on any atom is 0.407 e. The molecular formula is C52H63Br2Cl2N5O4. The second-order valence-corrected chi connectivity index (χ2v) is 21.8. The van der Waals surface area contributed by atoms with Gasteiger partial charge in [0.05, 0.1) is 11.4 Å². The van der Waals surface area contributed by atoms with Crippen molar-refractivity contribution in [1.29, 1.82) is 0 Å². The zero-order valence-electron chi connectivity index (χ0n) is 38.2. The van der Waals surface area contributed by atoms with Crippen LogP contribution >= 0.6 is 55.1 Å². The molecule has 3 amide bonds. The molecule has 2 aromatic carbocycles. The van der Waals surface area contributed by atoms with Gasteiger partial charge in [0.1, 0.15) is 5.60 Å². The van der Waals surface area contributed by atoms with Crippen LogP contribution in [0.3, 0.4) is 0 Å². The van der Waals surface area contributed by atoms with Gasteiger partial charge in [0, 0.05) is 88.8 Å². The van der Waals surface area contributed by atoms with Crippen molar-refractivity contribution < 1.29 is 19.1 Å². The molecule has 4 aliphatic rings. The van der Waals surface area contributed by atoms with Crippen LogP contribution < -0.4 is 5.32 Å². The zero-order chi connectivity index (χ0) is 46.3. The molecule has 2 aliphatic carbocycles. The Bertz CT molecular complexity index is 2220. The first-order valence-electron chi connectivity index (χ1n) is 23.5. The Morgan fingerprint density at radius 2 is 1.11 bits per heavy atom. The molecule has 2 fully saturated rings. The predicted molar refractivity (Wildman–Crippen MR) is 267 cm³/mol. The quantitative estimate of drug-likeness (QED) is 0.167. The predicted octanol–water partition coefficient (Wildman–Crippen LogP) is 12.4. The molecule has 0 spiro atoms. The van der Waals surface area contributed by atoms with Crippen LogP contribution in [0.4, 0.5) is 4.79 Å². The first kappa shape index (κ1) is 49.4. The van der Waals surface area contributed by atoms with Crippen molar-refractivity contribution in [3.63, 3.8) is 0 Å². The minimum atomic E-state index is -0.527. The van der Waals surface area contributed by atoms with Gasteiger partial charge in [0.2, 0.25) is 11.8 Å². The highest BCUT2D eigenvalue weighted by Crippen LogP contribution is 2.45. The maximum atomic E-state index is 12.8. The average molecular weight is 1050 g/mol. The van der Waals surface area contributed by atoms with Crippen molar-refractivity contribution in [3.8, 4) is 0 Å². The van der Waals surface area contributed by atoms with Crippen LogP contribution in [0.15, 0.2) is 69.9 Å². The molecule has 8 rings (SSSR count). The molecule has 65 heavy (non-hydrogen) atoms. The summed E-state index contributed by atoms with van der Waals surface area (Å²) in [6, 6.07) is 17.1. The third-order valence-corrected chi connectivity index (χ3v) is 14.8. The monoisotopic (exact) mass is 1050 g/mol. The first-order chi connectivity index (χ1) is 31.2. The maximum absolute atomic E-state index is 12.8. The van der Waals surface area contributed by atoms with Gasteiger partial charge < -0.3 is 19.9 Å². The highest BCUT2D eigenvalue weighted by atomic mass is 79.9. The summed E-state index contributed by atoms with van der Waals surface area (Å²) in [5.41, 5.74) is 9.82. The summed E-state index contributed by atoms with van der Waals surface area (Å²) in [5.74, 6) is 1.86. The normalized spacial score (nSPS) is 18.7. The van der Waals surface area contributed by atoms with Crippen molar-refractivity contribution in [2.75, 3.05) is 32.7 Å². The molecule has 2 saturated heterocycles. The number of halogens is 4. The van der Waals surface area contributed by atoms with E-state index in [4.69, 9.17) is 37.9 Å². The minimum Gasteiger partial charge on any atom is -0.444 e. The number of fused-ring (bicyclic) bond motifs is 4. The number of rotatable bonds is 9. The van der Waals surface area contributed by atoms with Crippen LogP contribution in [-0.4, -0.2) is 76.0 Å². The van der Waals surface area contributed by atoms with E-state index in [9.17, 15) is 14.4 Å². The van der Waals surface area contributed by atoms with Gasteiger partial charge in [-0.05, 0) is 198 Å². The summed E-state index contributed by atoms with van der Waals surface area (Å²) in [7, 11) is 0. The Kier molecular flexibility index (Phi) is 17.1. The van der Waals surface area contributed by atoms with E-state index in [1.807, 2.05) is 50.2 Å². The standard InChI is InChI=1S/C28H35BrClN3O3.C24H28BrClN2O/c1-28(2,3)36-27(35)31-12-4-5-24(34)33-13-10-18(11-14-33)25-23-9-8-22(30)16-19(23)6-7-20-15-21(29)17-32-26(20)25;1-2-3-4-22(29)28-11-9-16(10-12-28)23-21-8-7-20(26)14-17(21)5-6-18-13-19(25)15-27-24(18)23/h8-9,15-18,25H,4-7,10-14H2,1-3H3,(H,31,35);7-8,13-16,23H,2-6,9-12H2,1H3. The Morgan fingerprint density at radius 1 is 0.677 bits per heavy atom. The SMILES string of the molecule is CC(C)(C)OC(=O)NCCCC(=O)N1CCC(C2c3ccc(Cl)cc3CCc3cc(Br)cnc32)CC1.CCCCC(=O)N1CCC(C2c3ccc(Cl)cc3CCc3cc(Br)cnc32)CC1. The molecule has 2 aliphatic heterocycles. The smallest absolute Gasteiger partial charge is 0.407 e. The Morgan fingerprint density at radius 3 is 1.54 bits per heavy atom. The molecule has 0 bridgehead atoms. The summed E-state index contributed by atoms with van der Waals surface area (Å²) < 4.78 is 7.28. The van der Waals surface area contributed by atoms with Crippen LogP contribution in [0.2, 0.25) is 10.0 Å². The summed E-state index contributed by atoms with van der Waals surface area (Å²) in [4.78, 5) is 50.9. The number of piperidine rings is 2. The van der Waals surface area contributed by atoms with Gasteiger partial charge in [-0.1, -0.05) is 48.7 Å². The number of amides is 3. The molecule has 2 unspecified atom stereocenters. The number of carbonyl (C=O) groups is 3. The number of nitrogens with zero attached hydrogens (tertiary/aromatic N) is 4. The molecule has 2 atom stereocenters. The van der Waals surface area contributed by atoms with Gasteiger partial charge >= 0.3 is 6.09 Å². The highest BCUT2D eigenvalue weighted by Gasteiger charge is 2.37. The van der Waals surface area contributed by atoms with Crippen LogP contribution in [0.25, 0.3) is 0 Å². The van der Waals surface area contributed by atoms with E-state index >= 15 is 0 Å². The molecule has 0 radical (unpaired) electrons. The summed E-state index contributed by atoms with van der Waals surface area (Å²) in [6.45, 7) is 11.3. The number of aromatic nitrogens is 2. The van der Waals surface area contributed by atoms with Crippen molar-refractivity contribution in [3.05, 3.63) is 125 Å². The van der Waals surface area contributed by atoms with E-state index in [2.05, 4.69) is 85.4 Å². The Balaban J connectivity index is 0.000000198. The molecule has 4 aromatic rings. The van der Waals surface area contributed by atoms with Gasteiger partial charge in [-0.15, -0.1) is 0 Å². The number of hydrogen-bond acceptors (Lipinski definition) is 6. The van der Waals surface area contributed by atoms with Gasteiger partial charge in [0.15, 0.2) is 0 Å². The summed E-state index contributed by atoms with van der Waals surface area (Å²) >= 11 is 19.9. The molecule has 1 N–H and O–H groups in total. The van der Waals surface area contributed by atoms with E-state index < -0.39 is 11.7 Å². The van der Waals surface area contributed by atoms with Crippen LogP contribution in [-0.2, 0) is 40.0 Å². The number of carbonyl (C=O) groups excluding carboxylic acids is 3. The van der Waals surface area contributed by atoms with Gasteiger partial charge in [-0.25, -0.2) is 4.79 Å². The fourth-order valence-electron chi connectivity index (χ4n) is 10.3. The van der Waals surface area contributed by atoms with Crippen LogP contribution in [0.5, 0.6) is 0 Å². The molecule has 2 aromatic heterocycles. The third-order valence-electron chi connectivity index (χ3n) is 13.4. The number of aryl methyl sites for hydroxylation is 4.